The van der Waals surface area contributed by atoms with Crippen LogP contribution in [0.15, 0.2) is 42.5 Å². The minimum atomic E-state index is -0.302. The van der Waals surface area contributed by atoms with E-state index < -0.39 is 0 Å². The zero-order chi connectivity index (χ0) is 16.8. The first-order chi connectivity index (χ1) is 11.0. The molecule has 0 aliphatic rings. The third-order valence-corrected chi connectivity index (χ3v) is 3.56. The van der Waals surface area contributed by atoms with E-state index >= 15 is 0 Å². The highest BCUT2D eigenvalue weighted by molar-refractivity contribution is 5.74. The molecular weight excluding hydrogens is 293 g/mol. The first-order valence-corrected chi connectivity index (χ1v) is 7.29. The molecule has 0 aliphatic carbocycles. The first kappa shape index (κ1) is 16.5. The fraction of sp³-hybridized carbons (Fsp3) is 0.222. The maximum Gasteiger partial charge on any atom is 0.315 e. The molecule has 1 atom stereocenters. The van der Waals surface area contributed by atoms with Crippen LogP contribution in [0.3, 0.4) is 0 Å². The van der Waals surface area contributed by atoms with E-state index in [9.17, 15) is 9.18 Å². The molecule has 1 unspecified atom stereocenters. The molecule has 0 saturated heterocycles. The largest absolute Gasteiger partial charge is 0.334 e. The summed E-state index contributed by atoms with van der Waals surface area (Å²) in [5.74, 6) is -0.257. The standard InChI is InChI=1S/C18H18FN3O/c1-12-9-15(5-8-17(12)19)11-21-18(23)22-13(2)16-6-3-14(10-20)4-7-16/h3-9,13H,11H2,1-2H3,(H2,21,22,23). The van der Waals surface area contributed by atoms with E-state index in [-0.39, 0.29) is 17.9 Å². The number of benzene rings is 2. The summed E-state index contributed by atoms with van der Waals surface area (Å²) in [4.78, 5) is 11.9. The van der Waals surface area contributed by atoms with Crippen molar-refractivity contribution in [2.45, 2.75) is 26.4 Å². The number of hydrogen-bond donors (Lipinski definition) is 2. The average Bonchev–Trinajstić information content (AvgIpc) is 2.56. The molecule has 23 heavy (non-hydrogen) atoms. The second kappa shape index (κ2) is 7.41. The third-order valence-electron chi connectivity index (χ3n) is 3.56. The minimum absolute atomic E-state index is 0.183. The third kappa shape index (κ3) is 4.55. The van der Waals surface area contributed by atoms with Gasteiger partial charge in [0.15, 0.2) is 0 Å². The van der Waals surface area contributed by atoms with Crippen molar-refractivity contribution in [1.29, 1.82) is 5.26 Å². The predicted molar refractivity (Wildman–Crippen MR) is 86.1 cm³/mol. The van der Waals surface area contributed by atoms with Crippen LogP contribution in [0.1, 0.15) is 35.2 Å². The molecule has 2 rings (SSSR count). The number of hydrogen-bond acceptors (Lipinski definition) is 2. The molecule has 2 N–H and O–H groups in total. The second-order valence-corrected chi connectivity index (χ2v) is 5.37. The van der Waals surface area contributed by atoms with Crippen LogP contribution in [0.25, 0.3) is 0 Å². The van der Waals surface area contributed by atoms with Crippen LogP contribution in [0, 0.1) is 24.1 Å². The Kier molecular flexibility index (Phi) is 5.32. The van der Waals surface area contributed by atoms with Gasteiger partial charge in [0.25, 0.3) is 0 Å². The maximum atomic E-state index is 13.2. The van der Waals surface area contributed by atoms with Gasteiger partial charge in [0.1, 0.15) is 5.82 Å². The number of aryl methyl sites for hydroxylation is 1. The molecule has 118 valence electrons. The quantitative estimate of drug-likeness (QED) is 0.906. The van der Waals surface area contributed by atoms with Crippen LogP contribution < -0.4 is 10.6 Å². The maximum absolute atomic E-state index is 13.2. The number of halogens is 1. The van der Waals surface area contributed by atoms with Gasteiger partial charge in [0, 0.05) is 6.54 Å². The van der Waals surface area contributed by atoms with E-state index in [4.69, 9.17) is 5.26 Å². The van der Waals surface area contributed by atoms with Gasteiger partial charge in [-0.25, -0.2) is 9.18 Å². The molecule has 0 aromatic heterocycles. The number of rotatable bonds is 4. The van der Waals surface area contributed by atoms with Gasteiger partial charge in [0.05, 0.1) is 17.7 Å². The molecule has 0 fully saturated rings. The minimum Gasteiger partial charge on any atom is -0.334 e. The first-order valence-electron chi connectivity index (χ1n) is 7.29. The smallest absolute Gasteiger partial charge is 0.315 e. The molecule has 5 heteroatoms. The number of nitrogens with one attached hydrogen (secondary N) is 2. The molecule has 0 saturated carbocycles. The molecule has 0 heterocycles. The van der Waals surface area contributed by atoms with Gasteiger partial charge >= 0.3 is 6.03 Å². The molecule has 2 amide bonds. The lowest BCUT2D eigenvalue weighted by Gasteiger charge is -2.15. The lowest BCUT2D eigenvalue weighted by atomic mass is 10.1. The van der Waals surface area contributed by atoms with Crippen molar-refractivity contribution in [3.8, 4) is 6.07 Å². The summed E-state index contributed by atoms with van der Waals surface area (Å²) >= 11 is 0. The Labute approximate surface area is 134 Å². The summed E-state index contributed by atoms with van der Waals surface area (Å²) in [7, 11) is 0. The number of amides is 2. The predicted octanol–water partition coefficient (Wildman–Crippen LogP) is 3.57. The fourth-order valence-corrected chi connectivity index (χ4v) is 2.18. The van der Waals surface area contributed by atoms with Crippen LogP contribution in [0.5, 0.6) is 0 Å². The number of nitrogens with zero attached hydrogens (tertiary/aromatic N) is 1. The van der Waals surface area contributed by atoms with Crippen molar-refractivity contribution < 1.29 is 9.18 Å². The van der Waals surface area contributed by atoms with Crippen molar-refractivity contribution in [3.63, 3.8) is 0 Å². The number of nitriles is 1. The molecule has 4 nitrogen and oxygen atoms in total. The fourth-order valence-electron chi connectivity index (χ4n) is 2.18. The molecule has 0 bridgehead atoms. The van der Waals surface area contributed by atoms with Crippen LogP contribution in [-0.2, 0) is 6.54 Å². The van der Waals surface area contributed by atoms with Crippen molar-refractivity contribution in [2.75, 3.05) is 0 Å². The van der Waals surface area contributed by atoms with Gasteiger partial charge in [-0.1, -0.05) is 24.3 Å². The van der Waals surface area contributed by atoms with E-state index in [0.29, 0.717) is 17.7 Å². The summed E-state index contributed by atoms with van der Waals surface area (Å²) in [6, 6.07) is 13.4. The van der Waals surface area contributed by atoms with E-state index in [1.165, 1.54) is 6.07 Å². The van der Waals surface area contributed by atoms with Crippen LogP contribution >= 0.6 is 0 Å². The summed E-state index contributed by atoms with van der Waals surface area (Å²) in [6.45, 7) is 3.88. The number of carbonyl (C=O) groups is 1. The lowest BCUT2D eigenvalue weighted by molar-refractivity contribution is 0.237. The highest BCUT2D eigenvalue weighted by Crippen LogP contribution is 2.13. The monoisotopic (exact) mass is 311 g/mol. The number of urea groups is 1. The Morgan fingerprint density at radius 1 is 1.26 bits per heavy atom. The zero-order valence-electron chi connectivity index (χ0n) is 13.1. The van der Waals surface area contributed by atoms with Crippen LogP contribution in [-0.4, -0.2) is 6.03 Å². The van der Waals surface area contributed by atoms with Crippen molar-refractivity contribution in [1.82, 2.24) is 10.6 Å². The average molecular weight is 311 g/mol. The second-order valence-electron chi connectivity index (χ2n) is 5.37. The Hall–Kier alpha value is -2.87. The van der Waals surface area contributed by atoms with Gasteiger partial charge in [0.2, 0.25) is 0 Å². The molecule has 2 aromatic rings. The van der Waals surface area contributed by atoms with Crippen molar-refractivity contribution in [2.24, 2.45) is 0 Å². The molecule has 0 radical (unpaired) electrons. The van der Waals surface area contributed by atoms with Crippen LogP contribution in [0.4, 0.5) is 9.18 Å². The SMILES string of the molecule is Cc1cc(CNC(=O)NC(C)c2ccc(C#N)cc2)ccc1F. The number of carbonyl (C=O) groups excluding carboxylic acids is 1. The van der Waals surface area contributed by atoms with Crippen molar-refractivity contribution in [3.05, 3.63) is 70.5 Å². The summed E-state index contributed by atoms with van der Waals surface area (Å²) in [6.07, 6.45) is 0. The van der Waals surface area contributed by atoms with Crippen LogP contribution in [0.2, 0.25) is 0 Å². The summed E-state index contributed by atoms with van der Waals surface area (Å²) < 4.78 is 13.2. The Morgan fingerprint density at radius 3 is 2.57 bits per heavy atom. The van der Waals surface area contributed by atoms with Gasteiger partial charge in [-0.2, -0.15) is 5.26 Å². The highest BCUT2D eigenvalue weighted by atomic mass is 19.1. The molecular formula is C18H18FN3O. The Bertz CT molecular complexity index is 735. The van der Waals surface area contributed by atoms with Gasteiger partial charge < -0.3 is 10.6 Å². The van der Waals surface area contributed by atoms with Gasteiger partial charge in [-0.15, -0.1) is 0 Å². The Balaban J connectivity index is 1.88. The summed E-state index contributed by atoms with van der Waals surface area (Å²) in [5, 5.41) is 14.3. The molecule has 2 aromatic carbocycles. The van der Waals surface area contributed by atoms with Gasteiger partial charge in [-0.3, -0.25) is 0 Å². The normalized spacial score (nSPS) is 11.4. The van der Waals surface area contributed by atoms with E-state index in [0.717, 1.165) is 11.1 Å². The van der Waals surface area contributed by atoms with E-state index in [1.54, 1.807) is 31.2 Å². The molecule has 0 aliphatic heterocycles. The summed E-state index contributed by atoms with van der Waals surface area (Å²) in [5.41, 5.74) is 2.88. The lowest BCUT2D eigenvalue weighted by Crippen LogP contribution is -2.36. The Morgan fingerprint density at radius 2 is 1.96 bits per heavy atom. The topological polar surface area (TPSA) is 64.9 Å². The zero-order valence-corrected chi connectivity index (χ0v) is 13.1. The van der Waals surface area contributed by atoms with E-state index in [2.05, 4.69) is 16.7 Å². The molecule has 0 spiro atoms. The van der Waals surface area contributed by atoms with E-state index in [1.807, 2.05) is 19.1 Å². The van der Waals surface area contributed by atoms with Gasteiger partial charge in [-0.05, 0) is 48.7 Å². The van der Waals surface area contributed by atoms with Crippen molar-refractivity contribution >= 4 is 6.03 Å². The highest BCUT2D eigenvalue weighted by Gasteiger charge is 2.09.